The number of benzene rings is 1. The number of amides is 1. The fourth-order valence-corrected chi connectivity index (χ4v) is 2.36. The van der Waals surface area contributed by atoms with Gasteiger partial charge in [0.15, 0.2) is 0 Å². The standard InChI is InChI=1S/C19H22N2O4/c1-5-25-19(24)15-10-16(17(22)20-12(15)4)18(23)21-14-8-6-13(7-9-14)11(2)3/h6-11H,5H2,1-4H3,(H,20,22)(H,21,23). The maximum Gasteiger partial charge on any atom is 0.339 e. The number of hydrogen-bond acceptors (Lipinski definition) is 4. The second-order valence-corrected chi connectivity index (χ2v) is 6.00. The molecule has 1 aromatic heterocycles. The van der Waals surface area contributed by atoms with E-state index in [4.69, 9.17) is 4.74 Å². The van der Waals surface area contributed by atoms with Crippen molar-refractivity contribution in [1.82, 2.24) is 4.98 Å². The number of nitrogens with one attached hydrogen (secondary N) is 2. The number of esters is 1. The SMILES string of the molecule is CCOC(=O)c1cc(C(=O)Nc2ccc(C(C)C)cc2)c(=O)[nH]c1C. The molecule has 2 rings (SSSR count). The highest BCUT2D eigenvalue weighted by Gasteiger charge is 2.18. The zero-order chi connectivity index (χ0) is 18.6. The summed E-state index contributed by atoms with van der Waals surface area (Å²) in [5.41, 5.74) is 1.56. The van der Waals surface area contributed by atoms with Crippen LogP contribution in [0.1, 0.15) is 58.7 Å². The number of hydrogen-bond donors (Lipinski definition) is 2. The average molecular weight is 342 g/mol. The number of aromatic amines is 1. The Morgan fingerprint density at radius 2 is 1.80 bits per heavy atom. The van der Waals surface area contributed by atoms with E-state index in [0.29, 0.717) is 17.3 Å². The van der Waals surface area contributed by atoms with Crippen molar-refractivity contribution >= 4 is 17.6 Å². The van der Waals surface area contributed by atoms with E-state index in [1.165, 1.54) is 6.07 Å². The van der Waals surface area contributed by atoms with E-state index in [1.807, 2.05) is 12.1 Å². The molecule has 0 saturated heterocycles. The first-order valence-corrected chi connectivity index (χ1v) is 8.15. The summed E-state index contributed by atoms with van der Waals surface area (Å²) < 4.78 is 4.94. The minimum absolute atomic E-state index is 0.137. The number of carbonyl (C=O) groups is 2. The van der Waals surface area contributed by atoms with Gasteiger partial charge in [0.2, 0.25) is 0 Å². The molecular weight excluding hydrogens is 320 g/mol. The van der Waals surface area contributed by atoms with Crippen LogP contribution in [0.4, 0.5) is 5.69 Å². The van der Waals surface area contributed by atoms with E-state index in [0.717, 1.165) is 5.56 Å². The van der Waals surface area contributed by atoms with Gasteiger partial charge in [-0.05, 0) is 43.5 Å². The van der Waals surface area contributed by atoms with Crippen LogP contribution in [-0.2, 0) is 4.74 Å². The molecular formula is C19H22N2O4. The van der Waals surface area contributed by atoms with Gasteiger partial charge >= 0.3 is 5.97 Å². The van der Waals surface area contributed by atoms with Gasteiger partial charge in [0.25, 0.3) is 11.5 Å². The van der Waals surface area contributed by atoms with Crippen molar-refractivity contribution in [3.05, 3.63) is 63.1 Å². The van der Waals surface area contributed by atoms with Crippen LogP contribution in [0, 0.1) is 6.92 Å². The van der Waals surface area contributed by atoms with E-state index in [2.05, 4.69) is 24.1 Å². The summed E-state index contributed by atoms with van der Waals surface area (Å²) in [5.74, 6) is -0.771. The Kier molecular flexibility index (Phi) is 5.75. The number of anilines is 1. The molecule has 6 nitrogen and oxygen atoms in total. The number of carbonyl (C=O) groups excluding carboxylic acids is 2. The largest absolute Gasteiger partial charge is 0.462 e. The van der Waals surface area contributed by atoms with Crippen molar-refractivity contribution < 1.29 is 14.3 Å². The fourth-order valence-electron chi connectivity index (χ4n) is 2.36. The molecule has 1 aromatic carbocycles. The van der Waals surface area contributed by atoms with Crippen LogP contribution in [0.3, 0.4) is 0 Å². The lowest BCUT2D eigenvalue weighted by molar-refractivity contribution is 0.0525. The molecule has 0 fully saturated rings. The molecule has 1 amide bonds. The van der Waals surface area contributed by atoms with Crippen molar-refractivity contribution in [3.8, 4) is 0 Å². The lowest BCUT2D eigenvalue weighted by atomic mass is 10.0. The second-order valence-electron chi connectivity index (χ2n) is 6.00. The second kappa shape index (κ2) is 7.79. The van der Waals surface area contributed by atoms with E-state index >= 15 is 0 Å². The van der Waals surface area contributed by atoms with Gasteiger partial charge in [0.05, 0.1) is 12.2 Å². The molecule has 0 bridgehead atoms. The maximum absolute atomic E-state index is 12.4. The Morgan fingerprint density at radius 3 is 2.36 bits per heavy atom. The molecule has 0 aliphatic heterocycles. The number of rotatable bonds is 5. The number of aromatic nitrogens is 1. The molecule has 0 aliphatic rings. The van der Waals surface area contributed by atoms with E-state index in [1.54, 1.807) is 26.0 Å². The van der Waals surface area contributed by atoms with Gasteiger partial charge in [-0.1, -0.05) is 26.0 Å². The van der Waals surface area contributed by atoms with Crippen LogP contribution in [0.15, 0.2) is 35.1 Å². The first kappa shape index (κ1) is 18.4. The van der Waals surface area contributed by atoms with E-state index in [-0.39, 0.29) is 17.7 Å². The highest BCUT2D eigenvalue weighted by molar-refractivity contribution is 6.05. The lowest BCUT2D eigenvalue weighted by Crippen LogP contribution is -2.25. The van der Waals surface area contributed by atoms with Crippen molar-refractivity contribution in [2.75, 3.05) is 11.9 Å². The smallest absolute Gasteiger partial charge is 0.339 e. The molecule has 6 heteroatoms. The summed E-state index contributed by atoms with van der Waals surface area (Å²) in [4.78, 5) is 38.9. The van der Waals surface area contributed by atoms with Crippen molar-refractivity contribution in [2.45, 2.75) is 33.6 Å². The van der Waals surface area contributed by atoms with Gasteiger partial charge < -0.3 is 15.0 Å². The Hall–Kier alpha value is -2.89. The lowest BCUT2D eigenvalue weighted by Gasteiger charge is -2.10. The first-order chi connectivity index (χ1) is 11.8. The third kappa shape index (κ3) is 4.35. The topological polar surface area (TPSA) is 88.3 Å². The van der Waals surface area contributed by atoms with Gasteiger partial charge in [0.1, 0.15) is 5.56 Å². The van der Waals surface area contributed by atoms with Crippen LogP contribution in [-0.4, -0.2) is 23.5 Å². The van der Waals surface area contributed by atoms with Crippen molar-refractivity contribution in [2.24, 2.45) is 0 Å². The molecule has 0 spiro atoms. The van der Waals surface area contributed by atoms with Gasteiger partial charge in [0, 0.05) is 11.4 Å². The summed E-state index contributed by atoms with van der Waals surface area (Å²) in [5, 5.41) is 2.67. The van der Waals surface area contributed by atoms with E-state index in [9.17, 15) is 14.4 Å². The molecule has 0 unspecified atom stereocenters. The third-order valence-corrected chi connectivity index (χ3v) is 3.81. The molecule has 2 N–H and O–H groups in total. The van der Waals surface area contributed by atoms with Crippen molar-refractivity contribution in [3.63, 3.8) is 0 Å². The number of ether oxygens (including phenoxy) is 1. The monoisotopic (exact) mass is 342 g/mol. The summed E-state index contributed by atoms with van der Waals surface area (Å²) in [6.45, 7) is 7.64. The third-order valence-electron chi connectivity index (χ3n) is 3.81. The number of aryl methyl sites for hydroxylation is 1. The first-order valence-electron chi connectivity index (χ1n) is 8.15. The van der Waals surface area contributed by atoms with Crippen LogP contribution in [0.5, 0.6) is 0 Å². The van der Waals surface area contributed by atoms with Crippen LogP contribution < -0.4 is 10.9 Å². The minimum Gasteiger partial charge on any atom is -0.462 e. The zero-order valence-corrected chi connectivity index (χ0v) is 14.8. The Balaban J connectivity index is 2.28. The van der Waals surface area contributed by atoms with Crippen LogP contribution in [0.25, 0.3) is 0 Å². The Morgan fingerprint density at radius 1 is 1.16 bits per heavy atom. The van der Waals surface area contributed by atoms with Gasteiger partial charge in [-0.3, -0.25) is 9.59 Å². The zero-order valence-electron chi connectivity index (χ0n) is 14.8. The average Bonchev–Trinajstić information content (AvgIpc) is 2.55. The predicted molar refractivity (Wildman–Crippen MR) is 96.2 cm³/mol. The summed E-state index contributed by atoms with van der Waals surface area (Å²) in [7, 11) is 0. The Bertz CT molecular complexity index is 835. The van der Waals surface area contributed by atoms with Gasteiger partial charge in [-0.15, -0.1) is 0 Å². The quantitative estimate of drug-likeness (QED) is 0.817. The summed E-state index contributed by atoms with van der Waals surface area (Å²) in [6, 6.07) is 8.67. The predicted octanol–water partition coefficient (Wildman–Crippen LogP) is 3.24. The van der Waals surface area contributed by atoms with Gasteiger partial charge in [-0.2, -0.15) is 0 Å². The van der Waals surface area contributed by atoms with Crippen molar-refractivity contribution in [1.29, 1.82) is 0 Å². The van der Waals surface area contributed by atoms with Gasteiger partial charge in [-0.25, -0.2) is 4.79 Å². The highest BCUT2D eigenvalue weighted by Crippen LogP contribution is 2.17. The van der Waals surface area contributed by atoms with E-state index < -0.39 is 17.4 Å². The molecule has 0 aliphatic carbocycles. The normalized spacial score (nSPS) is 10.6. The minimum atomic E-state index is -0.580. The molecule has 132 valence electrons. The molecule has 0 saturated carbocycles. The maximum atomic E-state index is 12.4. The highest BCUT2D eigenvalue weighted by atomic mass is 16.5. The molecule has 0 radical (unpaired) electrons. The van der Waals surface area contributed by atoms with Crippen LogP contribution >= 0.6 is 0 Å². The molecule has 2 aromatic rings. The van der Waals surface area contributed by atoms with Crippen LogP contribution in [0.2, 0.25) is 0 Å². The molecule has 0 atom stereocenters. The number of pyridine rings is 1. The Labute approximate surface area is 146 Å². The fraction of sp³-hybridized carbons (Fsp3) is 0.316. The molecule has 1 heterocycles. The summed E-state index contributed by atoms with van der Waals surface area (Å²) >= 11 is 0. The summed E-state index contributed by atoms with van der Waals surface area (Å²) in [6.07, 6.45) is 0. The number of H-pyrrole nitrogens is 1. The molecule has 25 heavy (non-hydrogen) atoms.